The number of pyridine rings is 1. The van der Waals surface area contributed by atoms with Gasteiger partial charge >= 0.3 is 0 Å². The van der Waals surface area contributed by atoms with E-state index in [0.29, 0.717) is 18.3 Å². The number of halogens is 2. The van der Waals surface area contributed by atoms with Crippen LogP contribution in [-0.4, -0.2) is 21.7 Å². The zero-order valence-electron chi connectivity index (χ0n) is 9.07. The monoisotopic (exact) mass is 276 g/mol. The average molecular weight is 277 g/mol. The van der Waals surface area contributed by atoms with Crippen molar-refractivity contribution in [2.24, 2.45) is 5.73 Å². The molecule has 0 aliphatic rings. The summed E-state index contributed by atoms with van der Waals surface area (Å²) in [6.07, 6.45) is 4.99. The van der Waals surface area contributed by atoms with Gasteiger partial charge in [0.15, 0.2) is 0 Å². The van der Waals surface area contributed by atoms with Crippen LogP contribution in [0.2, 0.25) is 0 Å². The summed E-state index contributed by atoms with van der Waals surface area (Å²) in [7, 11) is 0. The smallest absolute Gasteiger partial charge is 0.227 e. The van der Waals surface area contributed by atoms with Crippen molar-refractivity contribution in [2.45, 2.75) is 12.8 Å². The van der Waals surface area contributed by atoms with Gasteiger partial charge in [-0.1, -0.05) is 5.16 Å². The molecule has 0 aliphatic carbocycles. The number of rotatable bonds is 4. The van der Waals surface area contributed by atoms with Gasteiger partial charge in [-0.05, 0) is 25.1 Å². The van der Waals surface area contributed by atoms with E-state index in [0.717, 1.165) is 18.4 Å². The molecule has 0 aliphatic heterocycles. The topological polar surface area (TPSA) is 77.8 Å². The van der Waals surface area contributed by atoms with Crippen LogP contribution in [0.3, 0.4) is 0 Å². The van der Waals surface area contributed by atoms with Crippen LogP contribution in [-0.2, 0) is 6.42 Å². The van der Waals surface area contributed by atoms with E-state index in [2.05, 4.69) is 15.1 Å². The second kappa shape index (κ2) is 8.00. The summed E-state index contributed by atoms with van der Waals surface area (Å²) in [5.74, 6) is 1.20. The van der Waals surface area contributed by atoms with Gasteiger partial charge in [-0.3, -0.25) is 4.98 Å². The summed E-state index contributed by atoms with van der Waals surface area (Å²) in [6, 6.07) is 3.73. The predicted octanol–water partition coefficient (Wildman–Crippen LogP) is 1.87. The SMILES string of the molecule is Cl.Cl.NCCCc1nc(-c2cccnc2)no1. The average Bonchev–Trinajstić information content (AvgIpc) is 2.76. The third-order valence-electron chi connectivity index (χ3n) is 1.98. The van der Waals surface area contributed by atoms with E-state index in [1.807, 2.05) is 12.1 Å². The molecule has 7 heteroatoms. The van der Waals surface area contributed by atoms with E-state index < -0.39 is 0 Å². The number of aryl methyl sites for hydroxylation is 1. The third kappa shape index (κ3) is 4.30. The summed E-state index contributed by atoms with van der Waals surface area (Å²) in [5, 5.41) is 3.87. The molecule has 2 N–H and O–H groups in total. The van der Waals surface area contributed by atoms with Crippen molar-refractivity contribution < 1.29 is 4.52 Å². The largest absolute Gasteiger partial charge is 0.339 e. The van der Waals surface area contributed by atoms with E-state index in [1.54, 1.807) is 12.4 Å². The first kappa shape index (κ1) is 15.8. The standard InChI is InChI=1S/C10H12N4O.2ClH/c11-5-1-4-9-13-10(14-15-9)8-3-2-6-12-7-8;;/h2-3,6-7H,1,4-5,11H2;2*1H. The first-order chi connectivity index (χ1) is 7.40. The molecule has 0 spiro atoms. The van der Waals surface area contributed by atoms with Gasteiger partial charge in [0, 0.05) is 24.4 Å². The van der Waals surface area contributed by atoms with Crippen molar-refractivity contribution in [3.05, 3.63) is 30.4 Å². The third-order valence-corrected chi connectivity index (χ3v) is 1.98. The lowest BCUT2D eigenvalue weighted by Gasteiger charge is -1.90. The van der Waals surface area contributed by atoms with Gasteiger partial charge in [-0.2, -0.15) is 4.98 Å². The zero-order valence-corrected chi connectivity index (χ0v) is 10.7. The molecule has 0 radical (unpaired) electrons. The van der Waals surface area contributed by atoms with Crippen molar-refractivity contribution in [1.82, 2.24) is 15.1 Å². The summed E-state index contributed by atoms with van der Waals surface area (Å²) < 4.78 is 5.08. The van der Waals surface area contributed by atoms with E-state index in [-0.39, 0.29) is 24.8 Å². The number of hydrogen-bond acceptors (Lipinski definition) is 5. The Balaban J connectivity index is 0.00000128. The molecule has 2 rings (SSSR count). The van der Waals surface area contributed by atoms with E-state index in [1.165, 1.54) is 0 Å². The molecule has 17 heavy (non-hydrogen) atoms. The van der Waals surface area contributed by atoms with Crippen LogP contribution in [0.25, 0.3) is 11.4 Å². The Morgan fingerprint density at radius 3 is 2.76 bits per heavy atom. The molecule has 94 valence electrons. The van der Waals surface area contributed by atoms with Crippen molar-refractivity contribution in [3.8, 4) is 11.4 Å². The van der Waals surface area contributed by atoms with Gasteiger partial charge in [-0.15, -0.1) is 24.8 Å². The predicted molar refractivity (Wildman–Crippen MR) is 69.4 cm³/mol. The number of aromatic nitrogens is 3. The highest BCUT2D eigenvalue weighted by Gasteiger charge is 2.07. The lowest BCUT2D eigenvalue weighted by atomic mass is 10.3. The molecule has 0 amide bonds. The van der Waals surface area contributed by atoms with Gasteiger partial charge in [0.05, 0.1) is 0 Å². The maximum absolute atomic E-state index is 5.39. The highest BCUT2D eigenvalue weighted by molar-refractivity contribution is 5.85. The molecule has 0 fully saturated rings. The van der Waals surface area contributed by atoms with E-state index in [9.17, 15) is 0 Å². The molecule has 2 heterocycles. The summed E-state index contributed by atoms with van der Waals surface area (Å²) in [4.78, 5) is 8.24. The van der Waals surface area contributed by atoms with Crippen LogP contribution in [0.4, 0.5) is 0 Å². The van der Waals surface area contributed by atoms with Crippen molar-refractivity contribution >= 4 is 24.8 Å². The first-order valence-corrected chi connectivity index (χ1v) is 4.83. The summed E-state index contributed by atoms with van der Waals surface area (Å²) >= 11 is 0. The van der Waals surface area contributed by atoms with Crippen LogP contribution in [0.15, 0.2) is 29.0 Å². The Kier molecular flexibility index (Phi) is 7.45. The van der Waals surface area contributed by atoms with Crippen LogP contribution in [0.1, 0.15) is 12.3 Å². The van der Waals surface area contributed by atoms with Crippen LogP contribution >= 0.6 is 24.8 Å². The Labute approximate surface area is 112 Å². The molecule has 0 saturated carbocycles. The normalized spacial score (nSPS) is 9.24. The Hall–Kier alpha value is -1.17. The van der Waals surface area contributed by atoms with Crippen molar-refractivity contribution in [3.63, 3.8) is 0 Å². The fourth-order valence-corrected chi connectivity index (χ4v) is 1.22. The van der Waals surface area contributed by atoms with Gasteiger partial charge in [-0.25, -0.2) is 0 Å². The molecule has 2 aromatic rings. The minimum atomic E-state index is 0. The van der Waals surface area contributed by atoms with Gasteiger partial charge in [0.2, 0.25) is 11.7 Å². The van der Waals surface area contributed by atoms with Gasteiger partial charge in [0.25, 0.3) is 0 Å². The van der Waals surface area contributed by atoms with Crippen LogP contribution in [0.5, 0.6) is 0 Å². The fraction of sp³-hybridized carbons (Fsp3) is 0.300. The van der Waals surface area contributed by atoms with Crippen LogP contribution in [0, 0.1) is 0 Å². The lowest BCUT2D eigenvalue weighted by Crippen LogP contribution is -2.00. The Bertz CT molecular complexity index is 421. The summed E-state index contributed by atoms with van der Waals surface area (Å²) in [6.45, 7) is 0.630. The highest BCUT2D eigenvalue weighted by Crippen LogP contribution is 2.13. The first-order valence-electron chi connectivity index (χ1n) is 4.83. The van der Waals surface area contributed by atoms with Gasteiger partial charge < -0.3 is 10.3 Å². The maximum atomic E-state index is 5.39. The fourth-order valence-electron chi connectivity index (χ4n) is 1.22. The van der Waals surface area contributed by atoms with Crippen molar-refractivity contribution in [1.29, 1.82) is 0 Å². The highest BCUT2D eigenvalue weighted by atomic mass is 35.5. The Morgan fingerprint density at radius 1 is 1.29 bits per heavy atom. The molecule has 0 aromatic carbocycles. The molecule has 5 nitrogen and oxygen atoms in total. The summed E-state index contributed by atoms with van der Waals surface area (Å²) in [5.41, 5.74) is 6.26. The number of nitrogens with zero attached hydrogens (tertiary/aromatic N) is 3. The molecule has 0 atom stereocenters. The maximum Gasteiger partial charge on any atom is 0.227 e. The number of nitrogens with two attached hydrogens (primary N) is 1. The second-order valence-corrected chi connectivity index (χ2v) is 3.15. The second-order valence-electron chi connectivity index (χ2n) is 3.15. The molecular weight excluding hydrogens is 263 g/mol. The quantitative estimate of drug-likeness (QED) is 0.923. The lowest BCUT2D eigenvalue weighted by molar-refractivity contribution is 0.376. The van der Waals surface area contributed by atoms with Gasteiger partial charge in [0.1, 0.15) is 0 Å². The van der Waals surface area contributed by atoms with E-state index in [4.69, 9.17) is 10.3 Å². The molecule has 2 aromatic heterocycles. The van der Waals surface area contributed by atoms with E-state index >= 15 is 0 Å². The number of hydrogen-bond donors (Lipinski definition) is 1. The van der Waals surface area contributed by atoms with Crippen LogP contribution < -0.4 is 5.73 Å². The molecule has 0 bridgehead atoms. The minimum absolute atomic E-state index is 0. The minimum Gasteiger partial charge on any atom is -0.339 e. The molecule has 0 unspecified atom stereocenters. The molecule has 0 saturated heterocycles. The van der Waals surface area contributed by atoms with Crippen molar-refractivity contribution in [2.75, 3.05) is 6.54 Å². The zero-order chi connectivity index (χ0) is 10.5. The molecular formula is C10H14Cl2N4O. The Morgan fingerprint density at radius 2 is 2.12 bits per heavy atom.